The molecule has 0 saturated heterocycles. The summed E-state index contributed by atoms with van der Waals surface area (Å²) in [5, 5.41) is 17.5. The number of carbonyl (C=O) groups excluding carboxylic acids is 1. The molecule has 2 aromatic carbocycles. The number of aliphatic hydroxyl groups is 1. The molecule has 0 unspecified atom stereocenters. The molecule has 7 heteroatoms. The van der Waals surface area contributed by atoms with Crippen LogP contribution in [0.1, 0.15) is 53.8 Å². The predicted octanol–water partition coefficient (Wildman–Crippen LogP) is 4.22. The molecule has 0 aliphatic heterocycles. The Morgan fingerprint density at radius 1 is 1.11 bits per heavy atom. The average molecular weight is 494 g/mol. The molecule has 3 atom stereocenters. The number of halogens is 2. The lowest BCUT2D eigenvalue weighted by Crippen LogP contribution is -2.49. The Hall–Kier alpha value is -3.16. The first-order valence-electron chi connectivity index (χ1n) is 12.6. The number of hydrogen-bond donors (Lipinski definition) is 3. The van der Waals surface area contributed by atoms with Gasteiger partial charge in [0.1, 0.15) is 11.6 Å². The molecule has 0 spiro atoms. The van der Waals surface area contributed by atoms with Gasteiger partial charge in [0.15, 0.2) is 0 Å². The highest BCUT2D eigenvalue weighted by Gasteiger charge is 2.26. The van der Waals surface area contributed by atoms with Crippen LogP contribution in [0.4, 0.5) is 8.78 Å². The highest BCUT2D eigenvalue weighted by Crippen LogP contribution is 2.30. The normalized spacial score (nSPS) is 16.7. The van der Waals surface area contributed by atoms with E-state index in [2.05, 4.69) is 40.7 Å². The summed E-state index contributed by atoms with van der Waals surface area (Å²) >= 11 is 0. The molecular formula is C29H33F2N3O2. The summed E-state index contributed by atoms with van der Waals surface area (Å²) in [6, 6.07) is 14.5. The van der Waals surface area contributed by atoms with Crippen LogP contribution in [0.25, 0.3) is 0 Å². The quantitative estimate of drug-likeness (QED) is 0.395. The van der Waals surface area contributed by atoms with Gasteiger partial charge in [-0.2, -0.15) is 0 Å². The maximum absolute atomic E-state index is 13.8. The number of amides is 1. The van der Waals surface area contributed by atoms with Crippen molar-refractivity contribution in [2.45, 2.75) is 63.6 Å². The molecule has 1 heterocycles. The topological polar surface area (TPSA) is 74.2 Å². The zero-order valence-corrected chi connectivity index (χ0v) is 20.5. The van der Waals surface area contributed by atoms with Crippen LogP contribution < -0.4 is 10.6 Å². The zero-order valence-electron chi connectivity index (χ0n) is 20.5. The number of fused-ring (bicyclic) bond motifs is 1. The van der Waals surface area contributed by atoms with Gasteiger partial charge in [-0.05, 0) is 78.6 Å². The minimum Gasteiger partial charge on any atom is -0.390 e. The van der Waals surface area contributed by atoms with Crippen molar-refractivity contribution in [2.75, 3.05) is 6.54 Å². The van der Waals surface area contributed by atoms with Gasteiger partial charge < -0.3 is 15.7 Å². The number of aliphatic hydroxyl groups excluding tert-OH is 1. The Bertz CT molecular complexity index is 1150. The summed E-state index contributed by atoms with van der Waals surface area (Å²) in [6.45, 7) is 2.36. The third-order valence-corrected chi connectivity index (χ3v) is 6.76. The maximum Gasteiger partial charge on any atom is 0.226 e. The Morgan fingerprint density at radius 2 is 1.92 bits per heavy atom. The third-order valence-electron chi connectivity index (χ3n) is 6.76. The second-order valence-electron chi connectivity index (χ2n) is 9.46. The molecule has 190 valence electrons. The van der Waals surface area contributed by atoms with E-state index in [1.54, 1.807) is 24.4 Å². The number of nitrogens with zero attached hydrogens (tertiary/aromatic N) is 1. The van der Waals surface area contributed by atoms with Crippen molar-refractivity contribution in [3.8, 4) is 0 Å². The van der Waals surface area contributed by atoms with E-state index < -0.39 is 23.8 Å². The van der Waals surface area contributed by atoms with Gasteiger partial charge in [-0.15, -0.1) is 0 Å². The molecule has 36 heavy (non-hydrogen) atoms. The highest BCUT2D eigenvalue weighted by atomic mass is 19.1. The van der Waals surface area contributed by atoms with Crippen LogP contribution in [0, 0.1) is 11.6 Å². The van der Waals surface area contributed by atoms with E-state index in [1.807, 2.05) is 0 Å². The second-order valence-corrected chi connectivity index (χ2v) is 9.46. The van der Waals surface area contributed by atoms with Gasteiger partial charge in [0.25, 0.3) is 0 Å². The number of carbonyl (C=O) groups is 1. The number of aryl methyl sites for hydroxylation is 2. The van der Waals surface area contributed by atoms with Gasteiger partial charge in [0.2, 0.25) is 5.91 Å². The SMILES string of the molecule is CCc1ccc2c(c1)[C@H](NC[C@@H](O)[C@H](Cc1cc(F)cc(F)c1)NC(=O)Cc1ccccn1)CCC2. The van der Waals surface area contributed by atoms with Gasteiger partial charge in [-0.25, -0.2) is 8.78 Å². The molecule has 0 bridgehead atoms. The van der Waals surface area contributed by atoms with Crippen LogP contribution in [0.3, 0.4) is 0 Å². The van der Waals surface area contributed by atoms with E-state index in [9.17, 15) is 18.7 Å². The smallest absolute Gasteiger partial charge is 0.226 e. The fourth-order valence-corrected chi connectivity index (χ4v) is 4.88. The summed E-state index contributed by atoms with van der Waals surface area (Å²) in [5.41, 5.74) is 4.82. The molecule has 0 radical (unpaired) electrons. The van der Waals surface area contributed by atoms with Crippen LogP contribution >= 0.6 is 0 Å². The molecule has 0 saturated carbocycles. The molecule has 1 amide bonds. The monoisotopic (exact) mass is 493 g/mol. The first-order valence-corrected chi connectivity index (χ1v) is 12.6. The van der Waals surface area contributed by atoms with E-state index >= 15 is 0 Å². The lowest BCUT2D eigenvalue weighted by atomic mass is 9.86. The lowest BCUT2D eigenvalue weighted by molar-refractivity contribution is -0.122. The number of nitrogens with one attached hydrogen (secondary N) is 2. The molecule has 0 fully saturated rings. The van der Waals surface area contributed by atoms with Crippen molar-refractivity contribution in [1.82, 2.24) is 15.6 Å². The van der Waals surface area contributed by atoms with Gasteiger partial charge in [0.05, 0.1) is 18.6 Å². The van der Waals surface area contributed by atoms with Gasteiger partial charge in [-0.3, -0.25) is 9.78 Å². The van der Waals surface area contributed by atoms with Crippen LogP contribution in [0.2, 0.25) is 0 Å². The Morgan fingerprint density at radius 3 is 2.64 bits per heavy atom. The van der Waals surface area contributed by atoms with Gasteiger partial charge >= 0.3 is 0 Å². The summed E-state index contributed by atoms with van der Waals surface area (Å²) in [5.74, 6) is -1.70. The number of pyridine rings is 1. The molecule has 5 nitrogen and oxygen atoms in total. The second kappa shape index (κ2) is 12.2. The van der Waals surface area contributed by atoms with E-state index in [0.717, 1.165) is 31.7 Å². The molecule has 1 aliphatic rings. The Balaban J connectivity index is 1.47. The lowest BCUT2D eigenvalue weighted by Gasteiger charge is -2.30. The summed E-state index contributed by atoms with van der Waals surface area (Å²) in [7, 11) is 0. The van der Waals surface area contributed by atoms with E-state index in [1.165, 1.54) is 28.8 Å². The van der Waals surface area contributed by atoms with Crippen molar-refractivity contribution in [1.29, 1.82) is 0 Å². The summed E-state index contributed by atoms with van der Waals surface area (Å²) in [4.78, 5) is 16.9. The largest absolute Gasteiger partial charge is 0.390 e. The van der Waals surface area contributed by atoms with Crippen LogP contribution in [-0.2, 0) is 30.5 Å². The standard InChI is InChI=1S/C29H33F2N3O2/c1-2-19-9-10-21-6-5-8-26(25(21)14-19)33-18-28(35)27(15-20-12-22(30)16-23(31)13-20)34-29(36)17-24-7-3-4-11-32-24/h3-4,7,9-14,16,26-28,33,35H,2,5-6,8,15,17-18H2,1H3,(H,34,36)/t26-,27+,28-/m1/s1. The van der Waals surface area contributed by atoms with E-state index in [-0.39, 0.29) is 31.3 Å². The summed E-state index contributed by atoms with van der Waals surface area (Å²) in [6.07, 6.45) is 4.79. The molecular weight excluding hydrogens is 460 g/mol. The molecule has 3 N–H and O–H groups in total. The average Bonchev–Trinajstić information content (AvgIpc) is 2.86. The zero-order chi connectivity index (χ0) is 25.5. The number of hydrogen-bond acceptors (Lipinski definition) is 4. The highest BCUT2D eigenvalue weighted by molar-refractivity contribution is 5.78. The first-order chi connectivity index (χ1) is 17.4. The number of aromatic nitrogens is 1. The predicted molar refractivity (Wildman–Crippen MR) is 135 cm³/mol. The molecule has 1 aromatic heterocycles. The number of benzene rings is 2. The van der Waals surface area contributed by atoms with Crippen LogP contribution in [0.15, 0.2) is 60.8 Å². The fraction of sp³-hybridized carbons (Fsp3) is 0.379. The van der Waals surface area contributed by atoms with Crippen molar-refractivity contribution >= 4 is 5.91 Å². The van der Waals surface area contributed by atoms with Gasteiger partial charge in [0, 0.05) is 30.5 Å². The first kappa shape index (κ1) is 25.9. The third kappa shape index (κ3) is 6.95. The Kier molecular flexibility index (Phi) is 8.78. The van der Waals surface area contributed by atoms with Crippen LogP contribution in [0.5, 0.6) is 0 Å². The van der Waals surface area contributed by atoms with Crippen molar-refractivity contribution in [3.63, 3.8) is 0 Å². The van der Waals surface area contributed by atoms with Gasteiger partial charge in [-0.1, -0.05) is 31.2 Å². The van der Waals surface area contributed by atoms with Crippen molar-refractivity contribution in [2.24, 2.45) is 0 Å². The van der Waals surface area contributed by atoms with Crippen LogP contribution in [-0.4, -0.2) is 34.7 Å². The fourth-order valence-electron chi connectivity index (χ4n) is 4.88. The van der Waals surface area contributed by atoms with Crippen molar-refractivity contribution < 1.29 is 18.7 Å². The number of rotatable bonds is 10. The maximum atomic E-state index is 13.8. The van der Waals surface area contributed by atoms with E-state index in [0.29, 0.717) is 11.3 Å². The Labute approximate surface area is 211 Å². The summed E-state index contributed by atoms with van der Waals surface area (Å²) < 4.78 is 27.6. The minimum absolute atomic E-state index is 0.0464. The molecule has 3 aromatic rings. The van der Waals surface area contributed by atoms with E-state index in [4.69, 9.17) is 0 Å². The molecule has 4 rings (SSSR count). The molecule has 1 aliphatic carbocycles. The minimum atomic E-state index is -0.969. The van der Waals surface area contributed by atoms with Crippen molar-refractivity contribution in [3.05, 3.63) is 100 Å².